The van der Waals surface area contributed by atoms with Gasteiger partial charge < -0.3 is 9.64 Å². The summed E-state index contributed by atoms with van der Waals surface area (Å²) in [6.07, 6.45) is 4.01. The Morgan fingerprint density at radius 3 is 2.72 bits per heavy atom. The van der Waals surface area contributed by atoms with E-state index in [0.29, 0.717) is 19.7 Å². The van der Waals surface area contributed by atoms with E-state index in [2.05, 4.69) is 22.0 Å². The molecule has 132 valence electrons. The summed E-state index contributed by atoms with van der Waals surface area (Å²) < 4.78 is 5.74. The van der Waals surface area contributed by atoms with Gasteiger partial charge in [0.15, 0.2) is 0 Å². The first-order chi connectivity index (χ1) is 12.2. The van der Waals surface area contributed by atoms with Crippen molar-refractivity contribution in [1.82, 2.24) is 14.8 Å². The molecule has 2 aromatic rings. The Balaban J connectivity index is 1.50. The van der Waals surface area contributed by atoms with Crippen LogP contribution in [0.2, 0.25) is 0 Å². The predicted octanol–water partition coefficient (Wildman–Crippen LogP) is 1.98. The number of pyridine rings is 1. The number of hydrogen-bond donors (Lipinski definition) is 0. The van der Waals surface area contributed by atoms with Crippen LogP contribution in [0.3, 0.4) is 0 Å². The standard InChI is InChI=1S/C20H25N3O2/c1-22(12-9-17-7-10-21-11-8-17)20(24)19-16-23(13-14-25-19)15-18-5-3-2-4-6-18/h2-8,10-11,19H,9,12-16H2,1H3/t19-/m0/s1. The molecule has 0 N–H and O–H groups in total. The molecule has 5 heteroatoms. The van der Waals surface area contributed by atoms with Crippen LogP contribution in [0.4, 0.5) is 0 Å². The lowest BCUT2D eigenvalue weighted by atomic mass is 10.1. The Bertz CT molecular complexity index is 663. The topological polar surface area (TPSA) is 45.7 Å². The highest BCUT2D eigenvalue weighted by molar-refractivity contribution is 5.81. The minimum Gasteiger partial charge on any atom is -0.366 e. The second-order valence-electron chi connectivity index (χ2n) is 6.45. The maximum absolute atomic E-state index is 12.7. The van der Waals surface area contributed by atoms with Crippen LogP contribution in [-0.2, 0) is 22.5 Å². The van der Waals surface area contributed by atoms with Gasteiger partial charge in [-0.1, -0.05) is 30.3 Å². The zero-order valence-corrected chi connectivity index (χ0v) is 14.7. The molecule has 1 fully saturated rings. The van der Waals surface area contributed by atoms with Crippen LogP contribution in [-0.4, -0.2) is 60.1 Å². The smallest absolute Gasteiger partial charge is 0.252 e. The van der Waals surface area contributed by atoms with Crippen molar-refractivity contribution >= 4 is 5.91 Å². The van der Waals surface area contributed by atoms with Gasteiger partial charge in [-0.2, -0.15) is 0 Å². The highest BCUT2D eigenvalue weighted by atomic mass is 16.5. The fraction of sp³-hybridized carbons (Fsp3) is 0.400. The summed E-state index contributed by atoms with van der Waals surface area (Å²) in [5.74, 6) is 0.0619. The van der Waals surface area contributed by atoms with E-state index in [-0.39, 0.29) is 12.0 Å². The molecular formula is C20H25N3O2. The minimum absolute atomic E-state index is 0.0619. The average molecular weight is 339 g/mol. The molecule has 0 spiro atoms. The summed E-state index contributed by atoms with van der Waals surface area (Å²) in [5, 5.41) is 0. The lowest BCUT2D eigenvalue weighted by molar-refractivity contribution is -0.148. The highest BCUT2D eigenvalue weighted by Gasteiger charge is 2.28. The van der Waals surface area contributed by atoms with Gasteiger partial charge in [0.2, 0.25) is 0 Å². The van der Waals surface area contributed by atoms with Gasteiger partial charge in [-0.05, 0) is 29.7 Å². The fourth-order valence-electron chi connectivity index (χ4n) is 3.04. The van der Waals surface area contributed by atoms with Gasteiger partial charge in [-0.3, -0.25) is 14.7 Å². The number of amides is 1. The first-order valence-electron chi connectivity index (χ1n) is 8.74. The number of benzene rings is 1. The third kappa shape index (κ3) is 5.11. The van der Waals surface area contributed by atoms with Crippen LogP contribution < -0.4 is 0 Å². The third-order valence-electron chi connectivity index (χ3n) is 4.54. The van der Waals surface area contributed by atoms with Crippen molar-refractivity contribution in [3.8, 4) is 0 Å². The Kier molecular flexibility index (Phi) is 6.14. The molecule has 0 aliphatic carbocycles. The molecule has 1 aliphatic heterocycles. The van der Waals surface area contributed by atoms with Gasteiger partial charge in [0, 0.05) is 45.6 Å². The Labute approximate surface area is 149 Å². The van der Waals surface area contributed by atoms with Crippen LogP contribution in [0.5, 0.6) is 0 Å². The number of ether oxygens (including phenoxy) is 1. The van der Waals surface area contributed by atoms with E-state index in [1.54, 1.807) is 17.3 Å². The van der Waals surface area contributed by atoms with Crippen LogP contribution in [0.1, 0.15) is 11.1 Å². The van der Waals surface area contributed by atoms with Crippen LogP contribution >= 0.6 is 0 Å². The van der Waals surface area contributed by atoms with Gasteiger partial charge in [-0.25, -0.2) is 0 Å². The van der Waals surface area contributed by atoms with E-state index in [1.807, 2.05) is 37.4 Å². The van der Waals surface area contributed by atoms with Gasteiger partial charge in [0.25, 0.3) is 5.91 Å². The molecule has 1 aromatic heterocycles. The number of carbonyl (C=O) groups excluding carboxylic acids is 1. The maximum atomic E-state index is 12.7. The van der Waals surface area contributed by atoms with Gasteiger partial charge in [-0.15, -0.1) is 0 Å². The molecule has 5 nitrogen and oxygen atoms in total. The maximum Gasteiger partial charge on any atom is 0.252 e. The molecule has 1 aromatic carbocycles. The van der Waals surface area contributed by atoms with E-state index in [4.69, 9.17) is 4.74 Å². The van der Waals surface area contributed by atoms with Crippen LogP contribution in [0.15, 0.2) is 54.9 Å². The van der Waals surface area contributed by atoms with Gasteiger partial charge in [0.05, 0.1) is 6.61 Å². The van der Waals surface area contributed by atoms with E-state index in [1.165, 1.54) is 11.1 Å². The van der Waals surface area contributed by atoms with Crippen molar-refractivity contribution in [3.05, 3.63) is 66.0 Å². The zero-order chi connectivity index (χ0) is 17.5. The first-order valence-corrected chi connectivity index (χ1v) is 8.74. The number of hydrogen-bond acceptors (Lipinski definition) is 4. The lowest BCUT2D eigenvalue weighted by Crippen LogP contribution is -2.50. The molecular weight excluding hydrogens is 314 g/mol. The molecule has 0 unspecified atom stereocenters. The largest absolute Gasteiger partial charge is 0.366 e. The molecule has 1 saturated heterocycles. The summed E-state index contributed by atoms with van der Waals surface area (Å²) in [5.41, 5.74) is 2.45. The van der Waals surface area contributed by atoms with E-state index >= 15 is 0 Å². The molecule has 1 amide bonds. The summed E-state index contributed by atoms with van der Waals surface area (Å²) in [6.45, 7) is 3.64. The van der Waals surface area contributed by atoms with Crippen molar-refractivity contribution in [3.63, 3.8) is 0 Å². The SMILES string of the molecule is CN(CCc1ccncc1)C(=O)[C@@H]1CN(Cc2ccccc2)CCO1. The minimum atomic E-state index is -0.375. The van der Waals surface area contributed by atoms with Gasteiger partial charge >= 0.3 is 0 Å². The van der Waals surface area contributed by atoms with Crippen molar-refractivity contribution in [2.24, 2.45) is 0 Å². The molecule has 1 atom stereocenters. The van der Waals surface area contributed by atoms with Crippen molar-refractivity contribution < 1.29 is 9.53 Å². The molecule has 3 rings (SSSR count). The Hall–Kier alpha value is -2.24. The normalized spacial score (nSPS) is 18.0. The Morgan fingerprint density at radius 1 is 1.20 bits per heavy atom. The molecule has 0 radical (unpaired) electrons. The number of carbonyl (C=O) groups is 1. The van der Waals surface area contributed by atoms with Crippen molar-refractivity contribution in [2.45, 2.75) is 19.1 Å². The van der Waals surface area contributed by atoms with Crippen LogP contribution in [0.25, 0.3) is 0 Å². The second kappa shape index (κ2) is 8.74. The second-order valence-corrected chi connectivity index (χ2v) is 6.45. The van der Waals surface area contributed by atoms with Crippen LogP contribution in [0, 0.1) is 0 Å². The molecule has 25 heavy (non-hydrogen) atoms. The molecule has 0 bridgehead atoms. The number of nitrogens with zero attached hydrogens (tertiary/aromatic N) is 3. The number of rotatable bonds is 6. The fourth-order valence-corrected chi connectivity index (χ4v) is 3.04. The van der Waals surface area contributed by atoms with Crippen molar-refractivity contribution in [2.75, 3.05) is 33.3 Å². The number of likely N-dealkylation sites (N-methyl/N-ethyl adjacent to an activating group) is 1. The van der Waals surface area contributed by atoms with E-state index in [9.17, 15) is 4.79 Å². The number of aromatic nitrogens is 1. The highest BCUT2D eigenvalue weighted by Crippen LogP contribution is 2.12. The quantitative estimate of drug-likeness (QED) is 0.807. The summed E-state index contributed by atoms with van der Waals surface area (Å²) in [7, 11) is 1.85. The zero-order valence-electron chi connectivity index (χ0n) is 14.7. The first kappa shape index (κ1) is 17.6. The van der Waals surface area contributed by atoms with E-state index in [0.717, 1.165) is 19.5 Å². The summed E-state index contributed by atoms with van der Waals surface area (Å²) in [4.78, 5) is 20.8. The molecule has 1 aliphatic rings. The summed E-state index contributed by atoms with van der Waals surface area (Å²) in [6, 6.07) is 14.3. The van der Waals surface area contributed by atoms with E-state index < -0.39 is 0 Å². The predicted molar refractivity (Wildman–Crippen MR) is 97.0 cm³/mol. The number of morpholine rings is 1. The molecule has 0 saturated carbocycles. The van der Waals surface area contributed by atoms with Crippen molar-refractivity contribution in [1.29, 1.82) is 0 Å². The average Bonchev–Trinajstić information content (AvgIpc) is 2.67. The lowest BCUT2D eigenvalue weighted by Gasteiger charge is -2.34. The summed E-state index contributed by atoms with van der Waals surface area (Å²) >= 11 is 0. The molecule has 2 heterocycles. The third-order valence-corrected chi connectivity index (χ3v) is 4.54. The Morgan fingerprint density at radius 2 is 1.96 bits per heavy atom. The monoisotopic (exact) mass is 339 g/mol. The van der Waals surface area contributed by atoms with Gasteiger partial charge in [0.1, 0.15) is 6.10 Å².